The Morgan fingerprint density at radius 1 is 0.833 bits per heavy atom. The minimum absolute atomic E-state index is 0.581. The molecule has 0 bridgehead atoms. The Morgan fingerprint density at radius 2 is 1.44 bits per heavy atom. The van der Waals surface area contributed by atoms with E-state index in [0.717, 1.165) is 11.8 Å². The van der Waals surface area contributed by atoms with Gasteiger partial charge in [0.05, 0.1) is 0 Å². The Labute approximate surface area is 117 Å². The summed E-state index contributed by atoms with van der Waals surface area (Å²) in [5, 5.41) is 0. The third kappa shape index (κ3) is 6.81. The second kappa shape index (κ2) is 9.87. The van der Waals surface area contributed by atoms with E-state index in [2.05, 4.69) is 41.5 Å². The average Bonchev–Trinajstić information content (AvgIpc) is 2.33. The number of hydrogen-bond acceptors (Lipinski definition) is 0. The zero-order valence-electron chi connectivity index (χ0n) is 14.0. The fourth-order valence-electron chi connectivity index (χ4n) is 3.11. The van der Waals surface area contributed by atoms with Crippen LogP contribution in [-0.2, 0) is 0 Å². The molecular weight excluding hydrogens is 216 g/mol. The van der Waals surface area contributed by atoms with Gasteiger partial charge in [0.25, 0.3) is 0 Å². The van der Waals surface area contributed by atoms with Crippen molar-refractivity contribution in [2.75, 3.05) is 0 Å². The van der Waals surface area contributed by atoms with Crippen LogP contribution in [0.3, 0.4) is 0 Å². The highest BCUT2D eigenvalue weighted by atomic mass is 14.3. The van der Waals surface area contributed by atoms with E-state index in [9.17, 15) is 0 Å². The highest BCUT2D eigenvalue weighted by molar-refractivity contribution is 4.77. The van der Waals surface area contributed by atoms with Gasteiger partial charge in [-0.15, -0.1) is 0 Å². The second-order valence-electron chi connectivity index (χ2n) is 6.87. The zero-order valence-corrected chi connectivity index (χ0v) is 14.0. The maximum atomic E-state index is 2.51. The lowest BCUT2D eigenvalue weighted by Crippen LogP contribution is -2.23. The van der Waals surface area contributed by atoms with Crippen molar-refractivity contribution in [2.45, 2.75) is 99.3 Å². The lowest BCUT2D eigenvalue weighted by atomic mass is 9.71. The predicted octanol–water partition coefficient (Wildman–Crippen LogP) is 6.84. The monoisotopic (exact) mass is 254 g/mol. The Hall–Kier alpha value is 0. The fraction of sp³-hybridized carbons (Fsp3) is 1.00. The van der Waals surface area contributed by atoms with Crippen LogP contribution < -0.4 is 0 Å². The van der Waals surface area contributed by atoms with Crippen molar-refractivity contribution >= 4 is 0 Å². The molecule has 0 aromatic carbocycles. The Kier molecular flexibility index (Phi) is 9.87. The SMILES string of the molecule is CCCCC(CC)CCCC(C)(CCC)C(C)C. The first-order chi connectivity index (χ1) is 8.50. The molecule has 0 saturated carbocycles. The summed E-state index contributed by atoms with van der Waals surface area (Å²) in [5.74, 6) is 1.82. The molecule has 0 amide bonds. The van der Waals surface area contributed by atoms with Crippen molar-refractivity contribution in [3.63, 3.8) is 0 Å². The van der Waals surface area contributed by atoms with E-state index in [1.54, 1.807) is 0 Å². The molecule has 2 unspecified atom stereocenters. The van der Waals surface area contributed by atoms with Crippen LogP contribution in [0.5, 0.6) is 0 Å². The molecule has 0 fully saturated rings. The van der Waals surface area contributed by atoms with Gasteiger partial charge in [-0.3, -0.25) is 0 Å². The van der Waals surface area contributed by atoms with Crippen LogP contribution >= 0.6 is 0 Å². The molecule has 0 rings (SSSR count). The van der Waals surface area contributed by atoms with Crippen LogP contribution in [0.15, 0.2) is 0 Å². The van der Waals surface area contributed by atoms with Crippen molar-refractivity contribution in [1.29, 1.82) is 0 Å². The topological polar surface area (TPSA) is 0 Å². The van der Waals surface area contributed by atoms with Gasteiger partial charge in [0.2, 0.25) is 0 Å². The van der Waals surface area contributed by atoms with Crippen LogP contribution in [0.2, 0.25) is 0 Å². The second-order valence-corrected chi connectivity index (χ2v) is 6.87. The molecule has 0 spiro atoms. The fourth-order valence-corrected chi connectivity index (χ4v) is 3.11. The van der Waals surface area contributed by atoms with E-state index in [-0.39, 0.29) is 0 Å². The first-order valence-corrected chi connectivity index (χ1v) is 8.50. The van der Waals surface area contributed by atoms with Gasteiger partial charge in [-0.05, 0) is 30.1 Å². The molecule has 0 heterocycles. The maximum Gasteiger partial charge on any atom is -0.0303 e. The molecule has 0 saturated heterocycles. The molecule has 110 valence electrons. The largest absolute Gasteiger partial charge is 0.0654 e. The third-order valence-corrected chi connectivity index (χ3v) is 5.12. The Balaban J connectivity index is 4.04. The molecule has 0 N–H and O–H groups in total. The minimum Gasteiger partial charge on any atom is -0.0654 e. The van der Waals surface area contributed by atoms with Gasteiger partial charge in [0.1, 0.15) is 0 Å². The van der Waals surface area contributed by atoms with Gasteiger partial charge in [0, 0.05) is 0 Å². The van der Waals surface area contributed by atoms with Gasteiger partial charge in [0.15, 0.2) is 0 Å². The van der Waals surface area contributed by atoms with Crippen LogP contribution in [0, 0.1) is 17.3 Å². The molecule has 0 aliphatic carbocycles. The normalized spacial score (nSPS) is 16.8. The molecule has 0 aromatic rings. The van der Waals surface area contributed by atoms with Crippen LogP contribution in [0.25, 0.3) is 0 Å². The number of unbranched alkanes of at least 4 members (excludes halogenated alkanes) is 1. The van der Waals surface area contributed by atoms with Gasteiger partial charge in [-0.25, -0.2) is 0 Å². The summed E-state index contributed by atoms with van der Waals surface area (Å²) in [4.78, 5) is 0. The van der Waals surface area contributed by atoms with E-state index >= 15 is 0 Å². The molecule has 0 aliphatic rings. The summed E-state index contributed by atoms with van der Waals surface area (Å²) in [6, 6.07) is 0. The van der Waals surface area contributed by atoms with Crippen LogP contribution in [0.1, 0.15) is 99.3 Å². The van der Waals surface area contributed by atoms with Crippen molar-refractivity contribution in [1.82, 2.24) is 0 Å². The van der Waals surface area contributed by atoms with Gasteiger partial charge < -0.3 is 0 Å². The predicted molar refractivity (Wildman–Crippen MR) is 85.0 cm³/mol. The molecule has 0 nitrogen and oxygen atoms in total. The van der Waals surface area contributed by atoms with Crippen molar-refractivity contribution in [3.05, 3.63) is 0 Å². The van der Waals surface area contributed by atoms with Gasteiger partial charge >= 0.3 is 0 Å². The number of hydrogen-bond donors (Lipinski definition) is 0. The van der Waals surface area contributed by atoms with Crippen molar-refractivity contribution in [3.8, 4) is 0 Å². The van der Waals surface area contributed by atoms with Gasteiger partial charge in [-0.1, -0.05) is 86.5 Å². The summed E-state index contributed by atoms with van der Waals surface area (Å²) in [6.07, 6.45) is 12.7. The Bertz CT molecular complexity index is 182. The summed E-state index contributed by atoms with van der Waals surface area (Å²) >= 11 is 0. The lowest BCUT2D eigenvalue weighted by molar-refractivity contribution is 0.168. The van der Waals surface area contributed by atoms with Crippen molar-refractivity contribution in [2.24, 2.45) is 17.3 Å². The highest BCUT2D eigenvalue weighted by Crippen LogP contribution is 2.38. The molecule has 0 aromatic heterocycles. The Morgan fingerprint density at radius 3 is 1.89 bits per heavy atom. The summed E-state index contributed by atoms with van der Waals surface area (Å²) < 4.78 is 0. The molecule has 0 heteroatoms. The van der Waals surface area contributed by atoms with E-state index in [1.165, 1.54) is 57.8 Å². The lowest BCUT2D eigenvalue weighted by Gasteiger charge is -2.34. The van der Waals surface area contributed by atoms with Crippen molar-refractivity contribution < 1.29 is 0 Å². The average molecular weight is 255 g/mol. The van der Waals surface area contributed by atoms with E-state index < -0.39 is 0 Å². The first-order valence-electron chi connectivity index (χ1n) is 8.50. The summed E-state index contributed by atoms with van der Waals surface area (Å²) in [5.41, 5.74) is 0.581. The highest BCUT2D eigenvalue weighted by Gasteiger charge is 2.26. The summed E-state index contributed by atoms with van der Waals surface area (Å²) in [6.45, 7) is 14.3. The standard InChI is InChI=1S/C18H38/c1-7-10-12-17(9-3)13-11-15-18(6,14-8-2)16(4)5/h16-17H,7-15H2,1-6H3. The minimum atomic E-state index is 0.581. The van der Waals surface area contributed by atoms with Crippen LogP contribution in [0.4, 0.5) is 0 Å². The molecular formula is C18H38. The number of rotatable bonds is 11. The van der Waals surface area contributed by atoms with E-state index in [0.29, 0.717) is 5.41 Å². The molecule has 0 aliphatic heterocycles. The molecule has 18 heavy (non-hydrogen) atoms. The summed E-state index contributed by atoms with van der Waals surface area (Å²) in [7, 11) is 0. The van der Waals surface area contributed by atoms with E-state index in [1.807, 2.05) is 0 Å². The molecule has 2 atom stereocenters. The zero-order chi connectivity index (χ0) is 14.0. The maximum absolute atomic E-state index is 2.51. The van der Waals surface area contributed by atoms with E-state index in [4.69, 9.17) is 0 Å². The third-order valence-electron chi connectivity index (χ3n) is 5.12. The van der Waals surface area contributed by atoms with Crippen LogP contribution in [-0.4, -0.2) is 0 Å². The smallest absolute Gasteiger partial charge is 0.0303 e. The quantitative estimate of drug-likeness (QED) is 0.379. The first kappa shape index (κ1) is 18.0. The molecule has 0 radical (unpaired) electrons. The van der Waals surface area contributed by atoms with Gasteiger partial charge in [-0.2, -0.15) is 0 Å².